The van der Waals surface area contributed by atoms with Crippen molar-refractivity contribution in [2.24, 2.45) is 0 Å². The molecular weight excluding hydrogens is 273 g/mol. The van der Waals surface area contributed by atoms with Crippen molar-refractivity contribution in [3.8, 4) is 0 Å². The van der Waals surface area contributed by atoms with E-state index in [4.69, 9.17) is 15.6 Å². The van der Waals surface area contributed by atoms with E-state index < -0.39 is 37.2 Å². The number of aromatic nitrogens is 4. The highest BCUT2D eigenvalue weighted by Crippen LogP contribution is 2.31. The third-order valence-corrected chi connectivity index (χ3v) is 3.21. The van der Waals surface area contributed by atoms with Crippen molar-refractivity contribution in [3.05, 3.63) is 12.4 Å². The first-order chi connectivity index (χ1) is 9.52. The van der Waals surface area contributed by atoms with Crippen LogP contribution in [0.4, 0.5) is 10.2 Å². The van der Waals surface area contributed by atoms with Crippen LogP contribution >= 0.6 is 0 Å². The summed E-state index contributed by atoms with van der Waals surface area (Å²) in [5.74, 6) is -0.141. The maximum absolute atomic E-state index is 13.2. The molecule has 2 aromatic heterocycles. The van der Waals surface area contributed by atoms with E-state index >= 15 is 0 Å². The molecule has 3 rings (SSSR count). The van der Waals surface area contributed by atoms with Crippen LogP contribution in [0.3, 0.4) is 0 Å². The van der Waals surface area contributed by atoms with Gasteiger partial charge in [0.2, 0.25) is 0 Å². The van der Waals surface area contributed by atoms with E-state index in [1.54, 1.807) is 0 Å². The average Bonchev–Trinajstić information content (AvgIpc) is 2.93. The molecule has 0 aromatic carbocycles. The van der Waals surface area contributed by atoms with Crippen LogP contribution < -0.4 is 5.73 Å². The molecule has 0 spiro atoms. The Morgan fingerprint density at radius 2 is 2.10 bits per heavy atom. The maximum Gasteiger partial charge on any atom is 0.312 e. The third-order valence-electron chi connectivity index (χ3n) is 3.21. The van der Waals surface area contributed by atoms with Gasteiger partial charge in [0, 0.05) is 0 Å². The zero-order valence-corrected chi connectivity index (χ0v) is 10.1. The summed E-state index contributed by atoms with van der Waals surface area (Å²) in [7, 11) is 0. The first-order valence-corrected chi connectivity index (χ1v) is 5.81. The van der Waals surface area contributed by atoms with Gasteiger partial charge in [-0.05, 0) is 0 Å². The van der Waals surface area contributed by atoms with Gasteiger partial charge in [0.1, 0.15) is 18.3 Å². The van der Waals surface area contributed by atoms with Gasteiger partial charge in [-0.3, -0.25) is 4.57 Å². The number of rotatable bonds is 2. The van der Waals surface area contributed by atoms with Gasteiger partial charge in [-0.1, -0.05) is 0 Å². The Bertz CT molecular complexity index is 650. The van der Waals surface area contributed by atoms with Crippen LogP contribution in [0.15, 0.2) is 6.33 Å². The van der Waals surface area contributed by atoms with Crippen molar-refractivity contribution in [1.82, 2.24) is 19.5 Å². The van der Waals surface area contributed by atoms with Crippen LogP contribution in [0.1, 0.15) is 6.23 Å². The molecule has 1 fully saturated rings. The fourth-order valence-electron chi connectivity index (χ4n) is 2.21. The van der Waals surface area contributed by atoms with Gasteiger partial charge in [0.25, 0.3) is 0 Å². The molecule has 2 aromatic rings. The largest absolute Gasteiger partial charge is 0.394 e. The topological polar surface area (TPSA) is 140 Å². The first-order valence-electron chi connectivity index (χ1n) is 5.81. The fraction of sp³-hybridized carbons (Fsp3) is 0.500. The molecule has 1 aliphatic rings. The van der Waals surface area contributed by atoms with Crippen molar-refractivity contribution in [2.45, 2.75) is 24.5 Å². The van der Waals surface area contributed by atoms with E-state index in [2.05, 4.69) is 15.0 Å². The van der Waals surface area contributed by atoms with Crippen LogP contribution in [-0.4, -0.2) is 59.8 Å². The Morgan fingerprint density at radius 3 is 2.75 bits per heavy atom. The Balaban J connectivity index is 2.07. The first kappa shape index (κ1) is 13.1. The lowest BCUT2D eigenvalue weighted by molar-refractivity contribution is -0.0511. The molecule has 1 saturated heterocycles. The Morgan fingerprint density at radius 1 is 1.35 bits per heavy atom. The maximum atomic E-state index is 13.2. The molecule has 10 heteroatoms. The van der Waals surface area contributed by atoms with Crippen LogP contribution in [0, 0.1) is 6.08 Å². The molecule has 3 heterocycles. The van der Waals surface area contributed by atoms with Crippen LogP contribution in [0.25, 0.3) is 11.2 Å². The molecular formula is C10H12FN5O4. The van der Waals surface area contributed by atoms with Crippen LogP contribution in [-0.2, 0) is 4.74 Å². The molecule has 0 saturated carbocycles. The van der Waals surface area contributed by atoms with Gasteiger partial charge in [-0.2, -0.15) is 14.4 Å². The lowest BCUT2D eigenvalue weighted by atomic mass is 10.1. The standard InChI is InChI=1S/C10H12FN5O4/c11-10-14-7(12)4-8(15-10)16(2-13-4)9-6(19)5(18)3(1-17)20-9/h2-3,5-6,9,17-19H,1H2,(H2,12,14,15)/t3?,5-,6+,9?/m0/s1. The predicted octanol–water partition coefficient (Wildman–Crippen LogP) is -1.84. The zero-order chi connectivity index (χ0) is 14.4. The summed E-state index contributed by atoms with van der Waals surface area (Å²) >= 11 is 0. The summed E-state index contributed by atoms with van der Waals surface area (Å²) in [6.07, 6.45) is -4.38. The minimum Gasteiger partial charge on any atom is -0.394 e. The van der Waals surface area contributed by atoms with Gasteiger partial charge in [-0.15, -0.1) is 0 Å². The quantitative estimate of drug-likeness (QED) is 0.472. The molecule has 0 bridgehead atoms. The van der Waals surface area contributed by atoms with E-state index in [9.17, 15) is 14.6 Å². The summed E-state index contributed by atoms with van der Waals surface area (Å²) in [5.41, 5.74) is 5.71. The summed E-state index contributed by atoms with van der Waals surface area (Å²) in [5, 5.41) is 28.7. The number of hydrogen-bond donors (Lipinski definition) is 4. The lowest BCUT2D eigenvalue weighted by Gasteiger charge is -2.16. The van der Waals surface area contributed by atoms with Gasteiger partial charge < -0.3 is 25.8 Å². The summed E-state index contributed by atoms with van der Waals surface area (Å²) in [6.45, 7) is -0.465. The highest BCUT2D eigenvalue weighted by molar-refractivity contribution is 5.81. The number of aliphatic hydroxyl groups excluding tert-OH is 3. The number of nitrogens with two attached hydrogens (primary N) is 1. The van der Waals surface area contributed by atoms with Crippen molar-refractivity contribution in [2.75, 3.05) is 12.3 Å². The number of anilines is 1. The predicted molar refractivity (Wildman–Crippen MR) is 62.7 cm³/mol. The monoisotopic (exact) mass is 285 g/mol. The molecule has 20 heavy (non-hydrogen) atoms. The molecule has 0 amide bonds. The number of hydrogen-bond acceptors (Lipinski definition) is 8. The molecule has 0 aliphatic carbocycles. The van der Waals surface area contributed by atoms with Crippen LogP contribution in [0.5, 0.6) is 0 Å². The molecule has 108 valence electrons. The van der Waals surface area contributed by atoms with Crippen molar-refractivity contribution in [3.63, 3.8) is 0 Å². The Hall–Kier alpha value is -1.88. The van der Waals surface area contributed by atoms with Crippen molar-refractivity contribution >= 4 is 17.0 Å². The number of nitrogens with zero attached hydrogens (tertiary/aromatic N) is 4. The highest BCUT2D eigenvalue weighted by Gasteiger charge is 2.44. The van der Waals surface area contributed by atoms with Gasteiger partial charge in [-0.25, -0.2) is 4.98 Å². The van der Waals surface area contributed by atoms with Gasteiger partial charge in [0.15, 0.2) is 23.2 Å². The highest BCUT2D eigenvalue weighted by atomic mass is 19.1. The number of nitrogen functional groups attached to an aromatic ring is 1. The van der Waals surface area contributed by atoms with Crippen LogP contribution in [0.2, 0.25) is 0 Å². The van der Waals surface area contributed by atoms with E-state index in [0.29, 0.717) is 0 Å². The molecule has 1 aliphatic heterocycles. The lowest BCUT2D eigenvalue weighted by Crippen LogP contribution is -2.33. The van der Waals surface area contributed by atoms with E-state index in [1.165, 1.54) is 10.9 Å². The minimum absolute atomic E-state index is 0.0323. The normalized spacial score (nSPS) is 30.2. The molecule has 4 atom stereocenters. The minimum atomic E-state index is -1.32. The summed E-state index contributed by atoms with van der Waals surface area (Å²) in [4.78, 5) is 10.8. The second kappa shape index (κ2) is 4.59. The molecule has 9 nitrogen and oxygen atoms in total. The average molecular weight is 285 g/mol. The molecule has 5 N–H and O–H groups in total. The fourth-order valence-corrected chi connectivity index (χ4v) is 2.21. The van der Waals surface area contributed by atoms with E-state index in [0.717, 1.165) is 0 Å². The second-order valence-corrected chi connectivity index (χ2v) is 4.43. The number of imidazole rings is 1. The molecule has 2 unspecified atom stereocenters. The Labute approximate surface area is 111 Å². The number of ether oxygens (including phenoxy) is 1. The number of aliphatic hydroxyl groups is 3. The van der Waals surface area contributed by atoms with Crippen molar-refractivity contribution < 1.29 is 24.4 Å². The number of halogens is 1. The smallest absolute Gasteiger partial charge is 0.312 e. The third kappa shape index (κ3) is 1.81. The zero-order valence-electron chi connectivity index (χ0n) is 10.1. The van der Waals surface area contributed by atoms with Crippen molar-refractivity contribution in [1.29, 1.82) is 0 Å². The SMILES string of the molecule is Nc1nc(F)nc2c1ncn2C1OC(CO)[C@H](O)[C@H]1O. The van der Waals surface area contributed by atoms with Gasteiger partial charge >= 0.3 is 6.08 Å². The summed E-state index contributed by atoms with van der Waals surface area (Å²) < 4.78 is 19.8. The summed E-state index contributed by atoms with van der Waals surface area (Å²) in [6, 6.07) is 0. The van der Waals surface area contributed by atoms with E-state index in [1.807, 2.05) is 0 Å². The number of fused-ring (bicyclic) bond motifs is 1. The Kier molecular flexibility index (Phi) is 3.01. The second-order valence-electron chi connectivity index (χ2n) is 4.43. The molecule has 0 radical (unpaired) electrons. The van der Waals surface area contributed by atoms with E-state index in [-0.39, 0.29) is 17.0 Å². The van der Waals surface area contributed by atoms with Gasteiger partial charge in [0.05, 0.1) is 12.9 Å².